The zero-order valence-electron chi connectivity index (χ0n) is 18.5. The molecule has 4 atom stereocenters. The summed E-state index contributed by atoms with van der Waals surface area (Å²) in [5.74, 6) is -2.36. The highest BCUT2D eigenvalue weighted by molar-refractivity contribution is 7.70. The lowest BCUT2D eigenvalue weighted by Crippen LogP contribution is -2.30. The van der Waals surface area contributed by atoms with E-state index in [0.29, 0.717) is 17.0 Å². The number of aliphatic hydroxyl groups excluding tert-OH is 1. The summed E-state index contributed by atoms with van der Waals surface area (Å²) >= 11 is 0. The van der Waals surface area contributed by atoms with Crippen LogP contribution in [-0.2, 0) is 18.2 Å². The first-order valence-corrected chi connectivity index (χ1v) is 13.9. The van der Waals surface area contributed by atoms with Crippen LogP contribution in [0.2, 0.25) is 0 Å². The summed E-state index contributed by atoms with van der Waals surface area (Å²) in [5.41, 5.74) is 0. The van der Waals surface area contributed by atoms with Crippen molar-refractivity contribution in [3.05, 3.63) is 60.7 Å². The Hall–Kier alpha value is -1.22. The van der Waals surface area contributed by atoms with Crippen LogP contribution in [-0.4, -0.2) is 23.4 Å². The van der Waals surface area contributed by atoms with E-state index in [1.807, 2.05) is 26.0 Å². The molecule has 0 heterocycles. The summed E-state index contributed by atoms with van der Waals surface area (Å²) in [7, 11) is -7.30. The molecule has 0 fully saturated rings. The van der Waals surface area contributed by atoms with Crippen LogP contribution in [0.4, 0.5) is 0 Å². The predicted molar refractivity (Wildman–Crippen MR) is 124 cm³/mol. The number of aliphatic hydroxyl groups is 1. The molecule has 166 valence electrons. The van der Waals surface area contributed by atoms with Gasteiger partial charge in [-0.3, -0.25) is 9.13 Å². The Labute approximate surface area is 180 Å². The third-order valence-corrected chi connectivity index (χ3v) is 10.6. The first-order chi connectivity index (χ1) is 14.1. The second-order valence-corrected chi connectivity index (χ2v) is 13.1. The van der Waals surface area contributed by atoms with E-state index in [1.54, 1.807) is 69.3 Å². The fourth-order valence-corrected chi connectivity index (χ4v) is 8.89. The van der Waals surface area contributed by atoms with Gasteiger partial charge in [0, 0.05) is 10.6 Å². The first-order valence-electron chi connectivity index (χ1n) is 10.5. The van der Waals surface area contributed by atoms with Gasteiger partial charge in [0.05, 0.1) is 6.61 Å². The fraction of sp³-hybridized carbons (Fsp3) is 0.478. The van der Waals surface area contributed by atoms with Crippen LogP contribution in [0.3, 0.4) is 0 Å². The van der Waals surface area contributed by atoms with Crippen LogP contribution in [0.5, 0.6) is 0 Å². The van der Waals surface area contributed by atoms with Crippen LogP contribution in [0.15, 0.2) is 60.7 Å². The standard InChI is InChI=1S/C23H34O5P2/c1-6-27-29(25,20-13-9-7-10-14-20)22(17-18(2)3)28-30(26,23(24)19(4)5)21-15-11-8-12-16-21/h7-16,18-19,22-24H,6,17H2,1-5H3/t22-,23+,29?,30?/m1/s1. The van der Waals surface area contributed by atoms with Crippen molar-refractivity contribution in [2.75, 3.05) is 6.61 Å². The van der Waals surface area contributed by atoms with Crippen molar-refractivity contribution < 1.29 is 23.3 Å². The maximum absolute atomic E-state index is 14.2. The molecule has 0 aliphatic heterocycles. The molecule has 0 saturated heterocycles. The average Bonchev–Trinajstić information content (AvgIpc) is 2.73. The van der Waals surface area contributed by atoms with Gasteiger partial charge in [0.2, 0.25) is 0 Å². The molecule has 0 radical (unpaired) electrons. The van der Waals surface area contributed by atoms with Crippen LogP contribution in [0.1, 0.15) is 41.0 Å². The van der Waals surface area contributed by atoms with Gasteiger partial charge in [-0.15, -0.1) is 0 Å². The molecule has 0 aliphatic rings. The molecule has 2 rings (SSSR count). The summed E-state index contributed by atoms with van der Waals surface area (Å²) in [5, 5.41) is 11.9. The molecule has 0 saturated carbocycles. The monoisotopic (exact) mass is 452 g/mol. The van der Waals surface area contributed by atoms with Crippen molar-refractivity contribution >= 4 is 25.3 Å². The number of rotatable bonds is 11. The SMILES string of the molecule is CCOP(=O)(c1ccccc1)[C@H](CC(C)C)OP(=O)(c1ccccc1)[C@H](O)C(C)C. The zero-order valence-corrected chi connectivity index (χ0v) is 20.3. The van der Waals surface area contributed by atoms with Crippen molar-refractivity contribution in [3.8, 4) is 0 Å². The van der Waals surface area contributed by atoms with E-state index in [4.69, 9.17) is 9.05 Å². The van der Waals surface area contributed by atoms with Crippen LogP contribution in [0.25, 0.3) is 0 Å². The third kappa shape index (κ3) is 5.72. The van der Waals surface area contributed by atoms with Gasteiger partial charge in [-0.05, 0) is 49.4 Å². The van der Waals surface area contributed by atoms with E-state index in [1.165, 1.54) is 0 Å². The minimum Gasteiger partial charge on any atom is -0.382 e. The topological polar surface area (TPSA) is 72.8 Å². The lowest BCUT2D eigenvalue weighted by Gasteiger charge is -2.34. The largest absolute Gasteiger partial charge is 0.382 e. The molecule has 0 spiro atoms. The Morgan fingerprint density at radius 1 is 0.833 bits per heavy atom. The number of benzene rings is 2. The zero-order chi connectivity index (χ0) is 22.4. The summed E-state index contributed by atoms with van der Waals surface area (Å²) in [6.07, 6.45) is 0.383. The molecule has 2 aromatic carbocycles. The molecule has 7 heteroatoms. The van der Waals surface area contributed by atoms with E-state index in [2.05, 4.69) is 0 Å². The highest BCUT2D eigenvalue weighted by Crippen LogP contribution is 2.62. The van der Waals surface area contributed by atoms with E-state index < -0.39 is 26.4 Å². The highest BCUT2D eigenvalue weighted by Gasteiger charge is 2.46. The minimum absolute atomic E-state index is 0.118. The molecule has 0 aliphatic carbocycles. The van der Waals surface area contributed by atoms with Crippen LogP contribution in [0, 0.1) is 11.8 Å². The van der Waals surface area contributed by atoms with E-state index >= 15 is 0 Å². The third-order valence-electron chi connectivity index (χ3n) is 4.83. The quantitative estimate of drug-likeness (QED) is 0.450. The maximum atomic E-state index is 14.2. The van der Waals surface area contributed by atoms with Crippen LogP contribution >= 0.6 is 14.7 Å². The predicted octanol–water partition coefficient (Wildman–Crippen LogP) is 5.59. The van der Waals surface area contributed by atoms with E-state index in [9.17, 15) is 14.2 Å². The second-order valence-electron chi connectivity index (χ2n) is 8.13. The number of hydrogen-bond donors (Lipinski definition) is 1. The molecule has 0 bridgehead atoms. The van der Waals surface area contributed by atoms with Gasteiger partial charge in [-0.1, -0.05) is 64.1 Å². The highest BCUT2D eigenvalue weighted by atomic mass is 31.2. The Morgan fingerprint density at radius 2 is 1.30 bits per heavy atom. The Kier molecular flexibility index (Phi) is 9.09. The van der Waals surface area contributed by atoms with Crippen molar-refractivity contribution in [1.29, 1.82) is 0 Å². The maximum Gasteiger partial charge on any atom is 0.260 e. The lowest BCUT2D eigenvalue weighted by atomic mass is 10.1. The Bertz CT molecular complexity index is 868. The first kappa shape index (κ1) is 25.0. The molecular weight excluding hydrogens is 418 g/mol. The molecule has 30 heavy (non-hydrogen) atoms. The van der Waals surface area contributed by atoms with Crippen molar-refractivity contribution in [2.24, 2.45) is 11.8 Å². The van der Waals surface area contributed by atoms with Gasteiger partial charge < -0.3 is 14.2 Å². The molecular formula is C23H34O5P2. The van der Waals surface area contributed by atoms with Gasteiger partial charge in [-0.25, -0.2) is 0 Å². The van der Waals surface area contributed by atoms with Gasteiger partial charge in [0.25, 0.3) is 14.7 Å². The summed E-state index contributed by atoms with van der Waals surface area (Å²) < 4.78 is 40.5. The molecule has 0 amide bonds. The smallest absolute Gasteiger partial charge is 0.260 e. The summed E-state index contributed by atoms with van der Waals surface area (Å²) in [6.45, 7) is 9.57. The van der Waals surface area contributed by atoms with Crippen LogP contribution < -0.4 is 10.6 Å². The van der Waals surface area contributed by atoms with E-state index in [-0.39, 0.29) is 18.4 Å². The molecule has 1 N–H and O–H groups in total. The normalized spacial score (nSPS) is 18.0. The molecule has 0 aromatic heterocycles. The second kappa shape index (κ2) is 10.9. The Morgan fingerprint density at radius 3 is 1.70 bits per heavy atom. The fourth-order valence-electron chi connectivity index (χ4n) is 3.28. The van der Waals surface area contributed by atoms with Crippen molar-refractivity contribution in [3.63, 3.8) is 0 Å². The summed E-state index contributed by atoms with van der Waals surface area (Å²) in [4.78, 5) is 0. The molecule has 2 unspecified atom stereocenters. The van der Waals surface area contributed by atoms with Gasteiger partial charge in [0.1, 0.15) is 11.7 Å². The lowest BCUT2D eigenvalue weighted by molar-refractivity contribution is 0.153. The minimum atomic E-state index is -3.77. The van der Waals surface area contributed by atoms with Gasteiger partial charge in [0.15, 0.2) is 0 Å². The number of hydrogen-bond acceptors (Lipinski definition) is 5. The van der Waals surface area contributed by atoms with E-state index in [0.717, 1.165) is 0 Å². The van der Waals surface area contributed by atoms with Gasteiger partial charge >= 0.3 is 0 Å². The van der Waals surface area contributed by atoms with Gasteiger partial charge in [-0.2, -0.15) is 0 Å². The van der Waals surface area contributed by atoms with Crippen molar-refractivity contribution in [1.82, 2.24) is 0 Å². The summed E-state index contributed by atoms with van der Waals surface area (Å²) in [6, 6.07) is 17.6. The molecule has 2 aromatic rings. The Balaban J connectivity index is 2.61. The van der Waals surface area contributed by atoms with Crippen molar-refractivity contribution in [2.45, 2.75) is 52.7 Å². The average molecular weight is 452 g/mol. The molecule has 5 nitrogen and oxygen atoms in total.